The number of aryl methyl sites for hydroxylation is 1. The quantitative estimate of drug-likeness (QED) is 0.844. The van der Waals surface area contributed by atoms with Crippen LogP contribution in [0.4, 0.5) is 0 Å². The van der Waals surface area contributed by atoms with Gasteiger partial charge in [-0.05, 0) is 31.0 Å². The van der Waals surface area contributed by atoms with Gasteiger partial charge in [0.05, 0.1) is 6.33 Å². The van der Waals surface area contributed by atoms with Crippen LogP contribution in [0.25, 0.3) is 0 Å². The van der Waals surface area contributed by atoms with Crippen molar-refractivity contribution in [2.24, 2.45) is 5.73 Å². The zero-order valence-electron chi connectivity index (χ0n) is 9.56. The monoisotopic (exact) mass is 215 g/mol. The third kappa shape index (κ3) is 2.49. The van der Waals surface area contributed by atoms with Crippen molar-refractivity contribution in [2.45, 2.75) is 19.9 Å². The molecule has 16 heavy (non-hydrogen) atoms. The lowest BCUT2D eigenvalue weighted by molar-refractivity contribution is 0.769. The molecule has 1 aromatic heterocycles. The Hall–Kier alpha value is -1.61. The van der Waals surface area contributed by atoms with Gasteiger partial charge in [-0.15, -0.1) is 0 Å². The van der Waals surface area contributed by atoms with Crippen LogP contribution in [-0.2, 0) is 13.0 Å². The summed E-state index contributed by atoms with van der Waals surface area (Å²) in [6, 6.07) is 8.61. The van der Waals surface area contributed by atoms with Gasteiger partial charge in [0.2, 0.25) is 0 Å². The predicted molar refractivity (Wildman–Crippen MR) is 65.3 cm³/mol. The second-order valence-corrected chi connectivity index (χ2v) is 4.02. The van der Waals surface area contributed by atoms with Gasteiger partial charge in [-0.2, -0.15) is 0 Å². The number of hydrogen-bond donors (Lipinski definition) is 1. The smallest absolute Gasteiger partial charge is 0.0951 e. The van der Waals surface area contributed by atoms with E-state index < -0.39 is 0 Å². The van der Waals surface area contributed by atoms with Crippen molar-refractivity contribution in [2.75, 3.05) is 6.54 Å². The second-order valence-electron chi connectivity index (χ2n) is 4.02. The summed E-state index contributed by atoms with van der Waals surface area (Å²) in [6.45, 7) is 3.66. The number of nitrogens with zero attached hydrogens (tertiary/aromatic N) is 2. The second kappa shape index (κ2) is 4.94. The first-order valence-electron chi connectivity index (χ1n) is 5.54. The maximum absolute atomic E-state index is 5.52. The molecule has 84 valence electrons. The molecule has 0 aliphatic rings. The Labute approximate surface area is 95.9 Å². The van der Waals surface area contributed by atoms with Crippen molar-refractivity contribution < 1.29 is 0 Å². The minimum atomic E-state index is 0.708. The fourth-order valence-corrected chi connectivity index (χ4v) is 1.73. The van der Waals surface area contributed by atoms with Crippen molar-refractivity contribution in [1.29, 1.82) is 0 Å². The molecule has 1 heterocycles. The number of benzene rings is 1. The lowest BCUT2D eigenvalue weighted by Gasteiger charge is -2.06. The van der Waals surface area contributed by atoms with E-state index >= 15 is 0 Å². The van der Waals surface area contributed by atoms with Crippen LogP contribution in [0.1, 0.15) is 16.8 Å². The molecular weight excluding hydrogens is 198 g/mol. The topological polar surface area (TPSA) is 43.8 Å². The van der Waals surface area contributed by atoms with E-state index in [2.05, 4.69) is 40.7 Å². The minimum absolute atomic E-state index is 0.708. The van der Waals surface area contributed by atoms with Gasteiger partial charge in [-0.25, -0.2) is 4.98 Å². The summed E-state index contributed by atoms with van der Waals surface area (Å²) in [6.07, 6.45) is 4.69. The van der Waals surface area contributed by atoms with E-state index in [4.69, 9.17) is 5.73 Å². The van der Waals surface area contributed by atoms with Gasteiger partial charge in [0.1, 0.15) is 0 Å². The normalized spacial score (nSPS) is 10.6. The van der Waals surface area contributed by atoms with Crippen LogP contribution in [0.5, 0.6) is 0 Å². The summed E-state index contributed by atoms with van der Waals surface area (Å²) in [7, 11) is 0. The Balaban J connectivity index is 2.08. The van der Waals surface area contributed by atoms with E-state index in [-0.39, 0.29) is 0 Å². The van der Waals surface area contributed by atoms with E-state index in [1.807, 2.05) is 12.5 Å². The molecule has 2 N–H and O–H groups in total. The van der Waals surface area contributed by atoms with Crippen molar-refractivity contribution in [3.05, 3.63) is 53.6 Å². The van der Waals surface area contributed by atoms with Gasteiger partial charge in [-0.3, -0.25) is 0 Å². The van der Waals surface area contributed by atoms with Crippen molar-refractivity contribution in [3.63, 3.8) is 0 Å². The largest absolute Gasteiger partial charge is 0.330 e. The van der Waals surface area contributed by atoms with Crippen molar-refractivity contribution in [1.82, 2.24) is 9.55 Å². The SMILES string of the molecule is Cc1cncn1Cc1ccc(CCN)cc1. The Morgan fingerprint density at radius 2 is 1.88 bits per heavy atom. The van der Waals surface area contributed by atoms with Crippen LogP contribution in [-0.4, -0.2) is 16.1 Å². The first-order chi connectivity index (χ1) is 7.79. The number of imidazole rings is 1. The van der Waals surface area contributed by atoms with Crippen LogP contribution in [0.2, 0.25) is 0 Å². The van der Waals surface area contributed by atoms with Crippen LogP contribution < -0.4 is 5.73 Å². The molecule has 0 aliphatic heterocycles. The highest BCUT2D eigenvalue weighted by Crippen LogP contribution is 2.08. The number of rotatable bonds is 4. The maximum Gasteiger partial charge on any atom is 0.0951 e. The van der Waals surface area contributed by atoms with E-state index in [0.29, 0.717) is 6.54 Å². The number of hydrogen-bond acceptors (Lipinski definition) is 2. The molecule has 2 aromatic rings. The first kappa shape index (κ1) is 10.9. The van der Waals surface area contributed by atoms with E-state index in [1.54, 1.807) is 0 Å². The summed E-state index contributed by atoms with van der Waals surface area (Å²) in [5, 5.41) is 0. The van der Waals surface area contributed by atoms with E-state index in [0.717, 1.165) is 13.0 Å². The standard InChI is InChI=1S/C13H17N3/c1-11-8-15-10-16(11)9-13-4-2-12(3-5-13)6-7-14/h2-5,8,10H,6-7,9,14H2,1H3. The summed E-state index contributed by atoms with van der Waals surface area (Å²) in [4.78, 5) is 4.11. The molecule has 1 aromatic carbocycles. The van der Waals surface area contributed by atoms with Gasteiger partial charge >= 0.3 is 0 Å². The van der Waals surface area contributed by atoms with Gasteiger partial charge in [0.15, 0.2) is 0 Å². The molecule has 0 fully saturated rings. The molecule has 0 radical (unpaired) electrons. The van der Waals surface area contributed by atoms with Crippen LogP contribution in [0, 0.1) is 6.92 Å². The Morgan fingerprint density at radius 1 is 1.19 bits per heavy atom. The van der Waals surface area contributed by atoms with Gasteiger partial charge in [0, 0.05) is 18.4 Å². The Bertz CT molecular complexity index is 442. The molecule has 0 aliphatic carbocycles. The van der Waals surface area contributed by atoms with E-state index in [9.17, 15) is 0 Å². The molecule has 0 saturated heterocycles. The molecular formula is C13H17N3. The van der Waals surface area contributed by atoms with Crippen LogP contribution >= 0.6 is 0 Å². The lowest BCUT2D eigenvalue weighted by Crippen LogP contribution is -2.03. The molecule has 3 heteroatoms. The van der Waals surface area contributed by atoms with Crippen LogP contribution in [0.15, 0.2) is 36.8 Å². The molecule has 0 saturated carbocycles. The fourth-order valence-electron chi connectivity index (χ4n) is 1.73. The summed E-state index contributed by atoms with van der Waals surface area (Å²) >= 11 is 0. The lowest BCUT2D eigenvalue weighted by atomic mass is 10.1. The van der Waals surface area contributed by atoms with Crippen molar-refractivity contribution >= 4 is 0 Å². The third-order valence-corrected chi connectivity index (χ3v) is 2.73. The fraction of sp³-hybridized carbons (Fsp3) is 0.308. The van der Waals surface area contributed by atoms with Gasteiger partial charge in [-0.1, -0.05) is 24.3 Å². The predicted octanol–water partition coefficient (Wildman–Crippen LogP) is 1.74. The van der Waals surface area contributed by atoms with Gasteiger partial charge in [0.25, 0.3) is 0 Å². The number of aromatic nitrogens is 2. The maximum atomic E-state index is 5.52. The number of nitrogens with two attached hydrogens (primary N) is 1. The molecule has 0 atom stereocenters. The zero-order valence-corrected chi connectivity index (χ0v) is 9.56. The van der Waals surface area contributed by atoms with Crippen molar-refractivity contribution in [3.8, 4) is 0 Å². The molecule has 2 rings (SSSR count). The Morgan fingerprint density at radius 3 is 2.44 bits per heavy atom. The van der Waals surface area contributed by atoms with Crippen LogP contribution in [0.3, 0.4) is 0 Å². The van der Waals surface area contributed by atoms with E-state index in [1.165, 1.54) is 16.8 Å². The Kier molecular flexibility index (Phi) is 3.37. The highest BCUT2D eigenvalue weighted by molar-refractivity contribution is 5.23. The summed E-state index contributed by atoms with van der Waals surface area (Å²) < 4.78 is 2.14. The molecule has 0 unspecified atom stereocenters. The average Bonchev–Trinajstić information content (AvgIpc) is 2.68. The van der Waals surface area contributed by atoms with Gasteiger partial charge < -0.3 is 10.3 Å². The molecule has 3 nitrogen and oxygen atoms in total. The summed E-state index contributed by atoms with van der Waals surface area (Å²) in [5.41, 5.74) is 9.29. The molecule has 0 spiro atoms. The third-order valence-electron chi connectivity index (χ3n) is 2.73. The zero-order chi connectivity index (χ0) is 11.4. The first-order valence-corrected chi connectivity index (χ1v) is 5.54. The summed E-state index contributed by atoms with van der Waals surface area (Å²) in [5.74, 6) is 0. The highest BCUT2D eigenvalue weighted by Gasteiger charge is 1.98. The minimum Gasteiger partial charge on any atom is -0.330 e. The average molecular weight is 215 g/mol. The molecule has 0 bridgehead atoms. The highest BCUT2D eigenvalue weighted by atomic mass is 15.0. The molecule has 0 amide bonds.